The minimum Gasteiger partial charge on any atom is -0.366 e. The molecule has 2 rings (SSSR count). The van der Waals surface area contributed by atoms with Gasteiger partial charge in [-0.05, 0) is 37.4 Å². The van der Waals surface area contributed by atoms with E-state index in [0.717, 1.165) is 13.1 Å². The van der Waals surface area contributed by atoms with Crippen molar-refractivity contribution in [3.8, 4) is 0 Å². The summed E-state index contributed by atoms with van der Waals surface area (Å²) in [6, 6.07) is 8.40. The quantitative estimate of drug-likeness (QED) is 0.758. The van der Waals surface area contributed by atoms with E-state index in [-0.39, 0.29) is 5.91 Å². The number of benzene rings is 1. The standard InChI is InChI=1S/C16H21N5O2/c1-20(11-12-21-9-2-8-18-21)10-7-15(22)19-14-5-3-13(4-6-14)16(17)23/h2-6,8-9H,7,10-12H2,1H3,(H2,17,23)(H,19,22). The first-order valence-electron chi connectivity index (χ1n) is 7.40. The number of anilines is 1. The predicted octanol–water partition coefficient (Wildman–Crippen LogP) is 0.943. The maximum absolute atomic E-state index is 11.9. The molecule has 0 aliphatic heterocycles. The molecule has 0 saturated carbocycles. The van der Waals surface area contributed by atoms with Crippen LogP contribution in [0, 0.1) is 0 Å². The topological polar surface area (TPSA) is 93.3 Å². The molecule has 1 heterocycles. The van der Waals surface area contributed by atoms with E-state index in [0.29, 0.717) is 24.2 Å². The first-order valence-corrected chi connectivity index (χ1v) is 7.40. The van der Waals surface area contributed by atoms with Crippen molar-refractivity contribution < 1.29 is 9.59 Å². The Morgan fingerprint density at radius 2 is 2.00 bits per heavy atom. The number of nitrogens with one attached hydrogen (secondary N) is 1. The van der Waals surface area contributed by atoms with Crippen LogP contribution in [-0.4, -0.2) is 46.6 Å². The van der Waals surface area contributed by atoms with Gasteiger partial charge in [-0.1, -0.05) is 0 Å². The zero-order valence-corrected chi connectivity index (χ0v) is 13.1. The second-order valence-corrected chi connectivity index (χ2v) is 5.31. The molecule has 0 fully saturated rings. The van der Waals surface area contributed by atoms with Crippen molar-refractivity contribution in [3.63, 3.8) is 0 Å². The Bertz CT molecular complexity index is 637. The number of hydrogen-bond donors (Lipinski definition) is 2. The van der Waals surface area contributed by atoms with Gasteiger partial charge < -0.3 is 16.0 Å². The van der Waals surface area contributed by atoms with Crippen molar-refractivity contribution in [2.75, 3.05) is 25.5 Å². The number of carbonyl (C=O) groups excluding carboxylic acids is 2. The molecule has 122 valence electrons. The van der Waals surface area contributed by atoms with Gasteiger partial charge in [-0.3, -0.25) is 14.3 Å². The minimum atomic E-state index is -0.485. The third kappa shape index (κ3) is 5.55. The molecule has 3 N–H and O–H groups in total. The van der Waals surface area contributed by atoms with Crippen molar-refractivity contribution in [2.45, 2.75) is 13.0 Å². The zero-order chi connectivity index (χ0) is 16.7. The summed E-state index contributed by atoms with van der Waals surface area (Å²) in [5.74, 6) is -0.551. The van der Waals surface area contributed by atoms with Gasteiger partial charge in [0, 0.05) is 43.2 Å². The van der Waals surface area contributed by atoms with Crippen molar-refractivity contribution in [1.29, 1.82) is 0 Å². The maximum atomic E-state index is 11.9. The normalized spacial score (nSPS) is 10.7. The van der Waals surface area contributed by atoms with Crippen molar-refractivity contribution in [3.05, 3.63) is 48.3 Å². The average Bonchev–Trinajstić information content (AvgIpc) is 3.05. The molecule has 7 heteroatoms. The van der Waals surface area contributed by atoms with E-state index in [1.807, 2.05) is 24.0 Å². The van der Waals surface area contributed by atoms with Crippen LogP contribution in [-0.2, 0) is 11.3 Å². The number of nitrogens with zero attached hydrogens (tertiary/aromatic N) is 3. The molecule has 23 heavy (non-hydrogen) atoms. The van der Waals surface area contributed by atoms with Gasteiger partial charge in [-0.15, -0.1) is 0 Å². The Morgan fingerprint density at radius 3 is 2.61 bits per heavy atom. The van der Waals surface area contributed by atoms with Crippen LogP contribution >= 0.6 is 0 Å². The van der Waals surface area contributed by atoms with Crippen LogP contribution in [0.4, 0.5) is 5.69 Å². The number of carbonyl (C=O) groups is 2. The van der Waals surface area contributed by atoms with Gasteiger partial charge in [0.05, 0.1) is 6.54 Å². The molecule has 0 spiro atoms. The van der Waals surface area contributed by atoms with E-state index in [1.54, 1.807) is 30.5 Å². The second-order valence-electron chi connectivity index (χ2n) is 5.31. The van der Waals surface area contributed by atoms with E-state index in [2.05, 4.69) is 15.3 Å². The molecule has 0 saturated heterocycles. The molecule has 2 amide bonds. The lowest BCUT2D eigenvalue weighted by Gasteiger charge is -2.16. The van der Waals surface area contributed by atoms with Crippen LogP contribution in [0.15, 0.2) is 42.7 Å². The van der Waals surface area contributed by atoms with Crippen LogP contribution in [0.25, 0.3) is 0 Å². The first-order chi connectivity index (χ1) is 11.0. The first kappa shape index (κ1) is 16.7. The molecule has 1 aromatic carbocycles. The number of amides is 2. The number of hydrogen-bond acceptors (Lipinski definition) is 4. The summed E-state index contributed by atoms with van der Waals surface area (Å²) < 4.78 is 1.86. The summed E-state index contributed by atoms with van der Waals surface area (Å²) in [5, 5.41) is 6.93. The van der Waals surface area contributed by atoms with Crippen LogP contribution in [0.3, 0.4) is 0 Å². The van der Waals surface area contributed by atoms with Crippen molar-refractivity contribution in [2.24, 2.45) is 5.73 Å². The Morgan fingerprint density at radius 1 is 1.26 bits per heavy atom. The van der Waals surface area contributed by atoms with Gasteiger partial charge >= 0.3 is 0 Å². The molecular weight excluding hydrogens is 294 g/mol. The summed E-state index contributed by atoms with van der Waals surface area (Å²) in [6.45, 7) is 2.27. The number of nitrogens with two attached hydrogens (primary N) is 1. The summed E-state index contributed by atoms with van der Waals surface area (Å²) in [5.41, 5.74) is 6.24. The van der Waals surface area contributed by atoms with Crippen LogP contribution in [0.2, 0.25) is 0 Å². The summed E-state index contributed by atoms with van der Waals surface area (Å²) in [4.78, 5) is 25.0. The van der Waals surface area contributed by atoms with Crippen LogP contribution in [0.1, 0.15) is 16.8 Å². The van der Waals surface area contributed by atoms with Gasteiger partial charge in [-0.25, -0.2) is 0 Å². The van der Waals surface area contributed by atoms with Crippen molar-refractivity contribution >= 4 is 17.5 Å². The van der Waals surface area contributed by atoms with Gasteiger partial charge in [0.25, 0.3) is 0 Å². The summed E-state index contributed by atoms with van der Waals surface area (Å²) in [7, 11) is 1.97. The Labute approximate surface area is 135 Å². The van der Waals surface area contributed by atoms with E-state index >= 15 is 0 Å². The van der Waals surface area contributed by atoms with E-state index in [1.165, 1.54) is 0 Å². The van der Waals surface area contributed by atoms with Gasteiger partial charge in [0.2, 0.25) is 11.8 Å². The monoisotopic (exact) mass is 315 g/mol. The van der Waals surface area contributed by atoms with Crippen molar-refractivity contribution in [1.82, 2.24) is 14.7 Å². The number of aromatic nitrogens is 2. The second kappa shape index (κ2) is 8.09. The maximum Gasteiger partial charge on any atom is 0.248 e. The predicted molar refractivity (Wildman–Crippen MR) is 87.9 cm³/mol. The van der Waals surface area contributed by atoms with Gasteiger partial charge in [-0.2, -0.15) is 5.10 Å². The van der Waals surface area contributed by atoms with Gasteiger partial charge in [0.15, 0.2) is 0 Å². The third-order valence-electron chi connectivity index (χ3n) is 3.44. The Balaban J connectivity index is 1.70. The minimum absolute atomic E-state index is 0.0669. The number of rotatable bonds is 8. The molecule has 1 aromatic heterocycles. The lowest BCUT2D eigenvalue weighted by atomic mass is 10.2. The zero-order valence-electron chi connectivity index (χ0n) is 13.1. The fraction of sp³-hybridized carbons (Fsp3) is 0.312. The molecule has 0 radical (unpaired) electrons. The largest absolute Gasteiger partial charge is 0.366 e. The molecular formula is C16H21N5O2. The van der Waals surface area contributed by atoms with Crippen LogP contribution < -0.4 is 11.1 Å². The lowest BCUT2D eigenvalue weighted by molar-refractivity contribution is -0.116. The molecule has 0 bridgehead atoms. The highest BCUT2D eigenvalue weighted by Gasteiger charge is 2.06. The fourth-order valence-electron chi connectivity index (χ4n) is 2.05. The van der Waals surface area contributed by atoms with Crippen LogP contribution in [0.5, 0.6) is 0 Å². The average molecular weight is 315 g/mol. The smallest absolute Gasteiger partial charge is 0.248 e. The molecule has 0 atom stereocenters. The fourth-order valence-corrected chi connectivity index (χ4v) is 2.05. The summed E-state index contributed by atoms with van der Waals surface area (Å²) in [6.07, 6.45) is 4.06. The highest BCUT2D eigenvalue weighted by molar-refractivity contribution is 5.94. The lowest BCUT2D eigenvalue weighted by Crippen LogP contribution is -2.27. The summed E-state index contributed by atoms with van der Waals surface area (Å²) >= 11 is 0. The third-order valence-corrected chi connectivity index (χ3v) is 3.44. The Hall–Kier alpha value is -2.67. The molecule has 0 unspecified atom stereocenters. The molecule has 0 aliphatic rings. The van der Waals surface area contributed by atoms with E-state index in [4.69, 9.17) is 5.73 Å². The van der Waals surface area contributed by atoms with E-state index in [9.17, 15) is 9.59 Å². The Kier molecular flexibility index (Phi) is 5.87. The molecule has 0 aliphatic carbocycles. The SMILES string of the molecule is CN(CCC(=O)Nc1ccc(C(N)=O)cc1)CCn1cccn1. The molecule has 7 nitrogen and oxygen atoms in total. The van der Waals surface area contributed by atoms with E-state index < -0.39 is 5.91 Å². The highest BCUT2D eigenvalue weighted by Crippen LogP contribution is 2.09. The molecule has 2 aromatic rings. The number of primary amides is 1. The highest BCUT2D eigenvalue weighted by atomic mass is 16.2. The number of likely N-dealkylation sites (N-methyl/N-ethyl adjacent to an activating group) is 1. The van der Waals surface area contributed by atoms with Gasteiger partial charge in [0.1, 0.15) is 0 Å².